The second kappa shape index (κ2) is 9.12. The molecule has 0 heterocycles. The van der Waals surface area contributed by atoms with Gasteiger partial charge in [-0.05, 0) is 74.4 Å². The van der Waals surface area contributed by atoms with E-state index in [1.165, 1.54) is 16.7 Å². The van der Waals surface area contributed by atoms with Gasteiger partial charge in [0, 0.05) is 6.42 Å². The zero-order valence-corrected chi connectivity index (χ0v) is 15.1. The van der Waals surface area contributed by atoms with E-state index in [0.717, 1.165) is 29.6 Å². The van der Waals surface area contributed by atoms with Crippen LogP contribution in [-0.2, 0) is 17.6 Å². The Morgan fingerprint density at radius 2 is 1.78 bits per heavy atom. The van der Waals surface area contributed by atoms with Crippen molar-refractivity contribution >= 4 is 11.4 Å². The van der Waals surface area contributed by atoms with Crippen molar-refractivity contribution in [2.75, 3.05) is 0 Å². The molecule has 0 aliphatic heterocycles. The summed E-state index contributed by atoms with van der Waals surface area (Å²) in [6.45, 7) is 13.6. The molecule has 0 radical (unpaired) electrons. The molecule has 0 atom stereocenters. The highest BCUT2D eigenvalue weighted by molar-refractivity contribution is 5.94. The highest BCUT2D eigenvalue weighted by atomic mass is 16.1. The molecule has 122 valence electrons. The van der Waals surface area contributed by atoms with Crippen molar-refractivity contribution in [1.82, 2.24) is 0 Å². The second-order valence-corrected chi connectivity index (χ2v) is 6.10. The summed E-state index contributed by atoms with van der Waals surface area (Å²) in [4.78, 5) is 11.6. The van der Waals surface area contributed by atoms with Crippen molar-refractivity contribution in [3.05, 3.63) is 70.5 Å². The molecule has 0 aromatic heterocycles. The van der Waals surface area contributed by atoms with Gasteiger partial charge in [-0.25, -0.2) is 0 Å². The highest BCUT2D eigenvalue weighted by Gasteiger charge is 2.04. The number of benzene rings is 1. The number of allylic oxidation sites excluding steroid dienone is 4. The molecule has 23 heavy (non-hydrogen) atoms. The summed E-state index contributed by atoms with van der Waals surface area (Å²) >= 11 is 0. The Morgan fingerprint density at radius 1 is 1.13 bits per heavy atom. The molecule has 0 saturated heterocycles. The van der Waals surface area contributed by atoms with Crippen LogP contribution in [-0.4, -0.2) is 5.78 Å². The number of carbonyl (C=O) groups is 1. The average Bonchev–Trinajstić information content (AvgIpc) is 2.50. The smallest absolute Gasteiger partial charge is 0.156 e. The van der Waals surface area contributed by atoms with E-state index >= 15 is 0 Å². The van der Waals surface area contributed by atoms with E-state index in [1.54, 1.807) is 6.92 Å². The predicted molar refractivity (Wildman–Crippen MR) is 101 cm³/mol. The quantitative estimate of drug-likeness (QED) is 0.351. The van der Waals surface area contributed by atoms with Crippen molar-refractivity contribution in [3.8, 4) is 0 Å². The van der Waals surface area contributed by atoms with Crippen LogP contribution >= 0.6 is 0 Å². The Hall–Kier alpha value is -2.11. The largest absolute Gasteiger partial charge is 0.295 e. The van der Waals surface area contributed by atoms with Gasteiger partial charge >= 0.3 is 0 Å². The molecule has 1 nitrogen and oxygen atoms in total. The van der Waals surface area contributed by atoms with Crippen LogP contribution in [0.4, 0.5) is 0 Å². The Morgan fingerprint density at radius 3 is 2.30 bits per heavy atom. The van der Waals surface area contributed by atoms with Crippen LogP contribution in [0.3, 0.4) is 0 Å². The Kier molecular flexibility index (Phi) is 7.51. The summed E-state index contributed by atoms with van der Waals surface area (Å²) < 4.78 is 0. The molecule has 0 N–H and O–H groups in total. The number of hydrogen-bond donors (Lipinski definition) is 0. The predicted octanol–water partition coefficient (Wildman–Crippen LogP) is 5.85. The molecule has 1 aromatic rings. The van der Waals surface area contributed by atoms with Crippen LogP contribution in [0.25, 0.3) is 5.57 Å². The van der Waals surface area contributed by atoms with Crippen molar-refractivity contribution in [1.29, 1.82) is 0 Å². The fourth-order valence-electron chi connectivity index (χ4n) is 2.56. The van der Waals surface area contributed by atoms with Gasteiger partial charge in [0.2, 0.25) is 0 Å². The first-order valence-corrected chi connectivity index (χ1v) is 8.22. The summed E-state index contributed by atoms with van der Waals surface area (Å²) in [6, 6.07) is 6.65. The number of carbonyl (C=O) groups excluding carboxylic acids is 1. The Balaban J connectivity index is 3.12. The second-order valence-electron chi connectivity index (χ2n) is 6.10. The van der Waals surface area contributed by atoms with Crippen LogP contribution in [0, 0.1) is 0 Å². The van der Waals surface area contributed by atoms with Crippen molar-refractivity contribution < 1.29 is 4.79 Å². The third kappa shape index (κ3) is 5.88. The highest BCUT2D eigenvalue weighted by Crippen LogP contribution is 2.19. The lowest BCUT2D eigenvalue weighted by molar-refractivity contribution is -0.113. The molecule has 1 aromatic carbocycles. The maximum Gasteiger partial charge on any atom is 0.156 e. The lowest BCUT2D eigenvalue weighted by Crippen LogP contribution is -1.97. The monoisotopic (exact) mass is 308 g/mol. The summed E-state index contributed by atoms with van der Waals surface area (Å²) in [7, 11) is 0. The van der Waals surface area contributed by atoms with Gasteiger partial charge in [0.15, 0.2) is 5.78 Å². The van der Waals surface area contributed by atoms with Crippen molar-refractivity contribution in [2.45, 2.75) is 53.9 Å². The number of Topliss-reactive ketones (excluding diaryl/α,β-unsaturated/α-hetero) is 1. The molecule has 0 unspecified atom stereocenters. The first kappa shape index (κ1) is 18.9. The molecule has 0 saturated carbocycles. The molecule has 0 aliphatic rings. The first-order chi connectivity index (χ1) is 10.9. The van der Waals surface area contributed by atoms with Crippen LogP contribution in [0.2, 0.25) is 0 Å². The molecule has 1 heteroatoms. The third-order valence-corrected chi connectivity index (χ3v) is 3.93. The van der Waals surface area contributed by atoms with E-state index in [9.17, 15) is 4.79 Å². The fraction of sp³-hybridized carbons (Fsp3) is 0.364. The van der Waals surface area contributed by atoms with Gasteiger partial charge in [0.05, 0.1) is 0 Å². The lowest BCUT2D eigenvalue weighted by atomic mass is 9.98. The SMILES string of the molecule is C=CCc1cc(CC)cc(C(C)=C=CCC(C(C)=O)=C(C)C)c1. The zero-order chi connectivity index (χ0) is 17.4. The van der Waals surface area contributed by atoms with E-state index in [1.807, 2.05) is 26.0 Å². The molecular weight excluding hydrogens is 280 g/mol. The summed E-state index contributed by atoms with van der Waals surface area (Å²) in [5.41, 5.74) is 10.2. The summed E-state index contributed by atoms with van der Waals surface area (Å²) in [5.74, 6) is 0.141. The number of hydrogen-bond acceptors (Lipinski definition) is 1. The first-order valence-electron chi connectivity index (χ1n) is 8.22. The van der Waals surface area contributed by atoms with E-state index in [-0.39, 0.29) is 5.78 Å². The molecule has 1 rings (SSSR count). The minimum absolute atomic E-state index is 0.141. The molecular formula is C22H28O. The van der Waals surface area contributed by atoms with Crippen LogP contribution in [0.5, 0.6) is 0 Å². The topological polar surface area (TPSA) is 17.1 Å². The minimum atomic E-state index is 0.141. The van der Waals surface area contributed by atoms with Gasteiger partial charge in [0.25, 0.3) is 0 Å². The van der Waals surface area contributed by atoms with Gasteiger partial charge in [-0.3, -0.25) is 4.79 Å². The maximum atomic E-state index is 11.6. The fourth-order valence-corrected chi connectivity index (χ4v) is 2.56. The van der Waals surface area contributed by atoms with Crippen LogP contribution in [0.1, 0.15) is 57.7 Å². The minimum Gasteiger partial charge on any atom is -0.295 e. The van der Waals surface area contributed by atoms with Gasteiger partial charge in [-0.2, -0.15) is 0 Å². The van der Waals surface area contributed by atoms with Gasteiger partial charge in [-0.1, -0.05) is 36.8 Å². The Labute approximate surface area is 141 Å². The number of aryl methyl sites for hydroxylation is 1. The van der Waals surface area contributed by atoms with Gasteiger partial charge in [0.1, 0.15) is 0 Å². The maximum absolute atomic E-state index is 11.6. The van der Waals surface area contributed by atoms with Gasteiger partial charge in [-0.15, -0.1) is 12.3 Å². The summed E-state index contributed by atoms with van der Waals surface area (Å²) in [5, 5.41) is 0. The average molecular weight is 308 g/mol. The van der Waals surface area contributed by atoms with E-state index in [0.29, 0.717) is 6.42 Å². The number of ketones is 1. The van der Waals surface area contributed by atoms with Crippen molar-refractivity contribution in [2.24, 2.45) is 0 Å². The summed E-state index contributed by atoms with van der Waals surface area (Å²) in [6.07, 6.45) is 6.43. The third-order valence-electron chi connectivity index (χ3n) is 3.93. The molecule has 0 spiro atoms. The van der Waals surface area contributed by atoms with Gasteiger partial charge < -0.3 is 0 Å². The molecule has 0 fully saturated rings. The molecule has 0 bridgehead atoms. The Bertz CT molecular complexity index is 676. The zero-order valence-electron chi connectivity index (χ0n) is 15.1. The normalized spacial score (nSPS) is 9.78. The molecule has 0 amide bonds. The lowest BCUT2D eigenvalue weighted by Gasteiger charge is -2.07. The standard InChI is InChI=1S/C22H28O/c1-7-10-20-13-19(8-2)14-21(15-20)17(5)11-9-12-22(16(3)4)18(6)23/h7,9,13-15H,1,8,10,12H2,2-6H3. The number of rotatable bonds is 7. The molecule has 0 aliphatic carbocycles. The van der Waals surface area contributed by atoms with E-state index in [2.05, 4.69) is 44.4 Å². The van der Waals surface area contributed by atoms with E-state index < -0.39 is 0 Å². The van der Waals surface area contributed by atoms with Crippen LogP contribution in [0.15, 0.2) is 53.8 Å². The van der Waals surface area contributed by atoms with E-state index in [4.69, 9.17) is 0 Å². The van der Waals surface area contributed by atoms with Crippen LogP contribution < -0.4 is 0 Å². The van der Waals surface area contributed by atoms with Crippen molar-refractivity contribution in [3.63, 3.8) is 0 Å².